The van der Waals surface area contributed by atoms with E-state index in [-0.39, 0.29) is 36.7 Å². The molecule has 3 amide bonds. The molecule has 1 aliphatic rings. The molecule has 1 saturated heterocycles. The number of hydrogen-bond acceptors (Lipinski definition) is 5. The van der Waals surface area contributed by atoms with Crippen molar-refractivity contribution in [3.63, 3.8) is 0 Å². The summed E-state index contributed by atoms with van der Waals surface area (Å²) in [5.74, 6) is -0.771. The molecule has 0 saturated carbocycles. The fourth-order valence-electron chi connectivity index (χ4n) is 3.01. The number of fused-ring (bicyclic) bond motifs is 1. The zero-order valence-corrected chi connectivity index (χ0v) is 17.5. The van der Waals surface area contributed by atoms with Gasteiger partial charge in [0.25, 0.3) is 0 Å². The fraction of sp³-hybridized carbons (Fsp3) is 0.333. The zero-order chi connectivity index (χ0) is 21.0. The molecule has 2 N–H and O–H groups in total. The van der Waals surface area contributed by atoms with E-state index in [1.54, 1.807) is 0 Å². The summed E-state index contributed by atoms with van der Waals surface area (Å²) in [7, 11) is 1.53. The normalized spacial score (nSPS) is 17.9. The molecule has 0 bridgehead atoms. The van der Waals surface area contributed by atoms with Gasteiger partial charge in [-0.25, -0.2) is 4.99 Å². The molecule has 0 radical (unpaired) electrons. The molecule has 1 heterocycles. The van der Waals surface area contributed by atoms with Crippen molar-refractivity contribution in [2.24, 2.45) is 4.99 Å². The molecular weight excluding hydrogens is 388 g/mol. The number of benzene rings is 2. The minimum absolute atomic E-state index is 0.0320. The van der Waals surface area contributed by atoms with E-state index >= 15 is 0 Å². The second-order valence-corrected chi connectivity index (χ2v) is 8.23. The van der Waals surface area contributed by atoms with Crippen LogP contribution in [0.2, 0.25) is 0 Å². The summed E-state index contributed by atoms with van der Waals surface area (Å²) in [5, 5.41) is 7.29. The summed E-state index contributed by atoms with van der Waals surface area (Å²) in [6.07, 6.45) is 0.0407. The quantitative estimate of drug-likeness (QED) is 0.762. The Labute approximate surface area is 173 Å². The van der Waals surface area contributed by atoms with E-state index in [4.69, 9.17) is 0 Å². The number of thioether (sulfide) groups is 1. The van der Waals surface area contributed by atoms with Crippen LogP contribution in [0.1, 0.15) is 20.3 Å². The topological polar surface area (TPSA) is 90.9 Å². The van der Waals surface area contributed by atoms with Crippen molar-refractivity contribution in [1.29, 1.82) is 0 Å². The lowest BCUT2D eigenvalue weighted by Crippen LogP contribution is -2.43. The van der Waals surface area contributed by atoms with Gasteiger partial charge in [-0.15, -0.1) is 0 Å². The number of amidine groups is 1. The first-order valence-electron chi connectivity index (χ1n) is 9.43. The van der Waals surface area contributed by atoms with Crippen LogP contribution in [0.15, 0.2) is 47.5 Å². The van der Waals surface area contributed by atoms with Crippen molar-refractivity contribution in [2.45, 2.75) is 31.6 Å². The minimum Gasteiger partial charge on any atom is -0.359 e. The van der Waals surface area contributed by atoms with Crippen LogP contribution in [0.4, 0.5) is 5.69 Å². The lowest BCUT2D eigenvalue weighted by Gasteiger charge is -2.17. The maximum atomic E-state index is 12.9. The highest BCUT2D eigenvalue weighted by Gasteiger charge is 2.40. The predicted molar refractivity (Wildman–Crippen MR) is 116 cm³/mol. The van der Waals surface area contributed by atoms with Crippen LogP contribution < -0.4 is 10.6 Å². The molecule has 0 aromatic heterocycles. The van der Waals surface area contributed by atoms with Gasteiger partial charge in [-0.3, -0.25) is 19.3 Å². The van der Waals surface area contributed by atoms with Crippen molar-refractivity contribution >= 4 is 51.1 Å². The van der Waals surface area contributed by atoms with Crippen LogP contribution in [-0.2, 0) is 14.4 Å². The minimum atomic E-state index is -0.596. The molecule has 0 spiro atoms. The summed E-state index contributed by atoms with van der Waals surface area (Å²) in [6.45, 7) is 3.59. The number of carbonyl (C=O) groups is 3. The van der Waals surface area contributed by atoms with E-state index in [0.717, 1.165) is 10.8 Å². The van der Waals surface area contributed by atoms with Gasteiger partial charge >= 0.3 is 0 Å². The number of rotatable bonds is 6. The van der Waals surface area contributed by atoms with Gasteiger partial charge in [0.15, 0.2) is 5.17 Å². The average molecular weight is 413 g/mol. The highest BCUT2D eigenvalue weighted by molar-refractivity contribution is 8.15. The highest BCUT2D eigenvalue weighted by Crippen LogP contribution is 2.32. The Hall–Kier alpha value is -2.87. The first-order valence-corrected chi connectivity index (χ1v) is 10.3. The van der Waals surface area contributed by atoms with Crippen molar-refractivity contribution in [3.05, 3.63) is 42.5 Å². The molecule has 1 atom stereocenters. The van der Waals surface area contributed by atoms with Gasteiger partial charge in [0.1, 0.15) is 11.8 Å². The monoisotopic (exact) mass is 412 g/mol. The van der Waals surface area contributed by atoms with Gasteiger partial charge < -0.3 is 10.6 Å². The summed E-state index contributed by atoms with van der Waals surface area (Å²) < 4.78 is 0. The summed E-state index contributed by atoms with van der Waals surface area (Å²) in [6, 6.07) is 13.7. The largest absolute Gasteiger partial charge is 0.359 e. The van der Waals surface area contributed by atoms with Gasteiger partial charge in [-0.05, 0) is 36.8 Å². The average Bonchev–Trinajstić information content (AvgIpc) is 2.95. The van der Waals surface area contributed by atoms with Crippen molar-refractivity contribution in [3.8, 4) is 0 Å². The maximum Gasteiger partial charge on any atom is 0.243 e. The highest BCUT2D eigenvalue weighted by atomic mass is 32.2. The lowest BCUT2D eigenvalue weighted by atomic mass is 10.1. The lowest BCUT2D eigenvalue weighted by molar-refractivity contribution is -0.132. The van der Waals surface area contributed by atoms with Gasteiger partial charge in [-0.2, -0.15) is 0 Å². The number of aliphatic imine (C=N–C) groups is 1. The first-order chi connectivity index (χ1) is 13.9. The Balaban J connectivity index is 1.90. The third-order valence-corrected chi connectivity index (χ3v) is 5.55. The van der Waals surface area contributed by atoms with E-state index in [0.29, 0.717) is 10.9 Å². The Morgan fingerprint density at radius 3 is 2.55 bits per heavy atom. The first kappa shape index (κ1) is 20.9. The molecule has 2 aromatic carbocycles. The maximum absolute atomic E-state index is 12.9. The smallest absolute Gasteiger partial charge is 0.243 e. The van der Waals surface area contributed by atoms with E-state index < -0.39 is 5.25 Å². The Kier molecular flexibility index (Phi) is 6.53. The molecule has 152 valence electrons. The van der Waals surface area contributed by atoms with E-state index in [1.165, 1.54) is 23.7 Å². The zero-order valence-electron chi connectivity index (χ0n) is 16.6. The van der Waals surface area contributed by atoms with Crippen LogP contribution in [0, 0.1) is 0 Å². The van der Waals surface area contributed by atoms with Crippen LogP contribution >= 0.6 is 11.8 Å². The van der Waals surface area contributed by atoms with Gasteiger partial charge in [0.2, 0.25) is 17.7 Å². The molecule has 8 heteroatoms. The van der Waals surface area contributed by atoms with E-state index in [2.05, 4.69) is 15.6 Å². The molecule has 3 rings (SSSR count). The third kappa shape index (κ3) is 5.14. The number of nitrogens with one attached hydrogen (secondary N) is 2. The molecule has 1 unspecified atom stereocenters. The Morgan fingerprint density at radius 2 is 1.86 bits per heavy atom. The Bertz CT molecular complexity index is 973. The summed E-state index contributed by atoms with van der Waals surface area (Å²) >= 11 is 1.22. The van der Waals surface area contributed by atoms with Crippen molar-refractivity contribution in [1.82, 2.24) is 15.5 Å². The van der Waals surface area contributed by atoms with Crippen molar-refractivity contribution < 1.29 is 14.4 Å². The second kappa shape index (κ2) is 9.09. The molecule has 1 fully saturated rings. The molecule has 29 heavy (non-hydrogen) atoms. The van der Waals surface area contributed by atoms with Crippen LogP contribution in [0.5, 0.6) is 0 Å². The second-order valence-electron chi connectivity index (χ2n) is 7.06. The van der Waals surface area contributed by atoms with Gasteiger partial charge in [0, 0.05) is 19.5 Å². The molecule has 1 aliphatic heterocycles. The van der Waals surface area contributed by atoms with E-state index in [9.17, 15) is 14.4 Å². The third-order valence-electron chi connectivity index (χ3n) is 4.38. The van der Waals surface area contributed by atoms with Gasteiger partial charge in [0.05, 0.1) is 5.69 Å². The standard InChI is InChI=1S/C21H24N4O3S/c1-13(2)23-19(27)12-25-20(28)17(11-18(26)22-3)29-21(25)24-16-9-8-14-6-4-5-7-15(14)10-16/h4-10,13,17H,11-12H2,1-3H3,(H,22,26)(H,23,27). The fourth-order valence-corrected chi connectivity index (χ4v) is 4.17. The summed E-state index contributed by atoms with van der Waals surface area (Å²) in [4.78, 5) is 42.9. The Morgan fingerprint density at radius 1 is 1.14 bits per heavy atom. The summed E-state index contributed by atoms with van der Waals surface area (Å²) in [5.41, 5.74) is 0.689. The number of nitrogens with zero attached hydrogens (tertiary/aromatic N) is 2. The van der Waals surface area contributed by atoms with Crippen LogP contribution in [-0.4, -0.2) is 52.7 Å². The molecule has 0 aliphatic carbocycles. The van der Waals surface area contributed by atoms with Gasteiger partial charge in [-0.1, -0.05) is 42.1 Å². The van der Waals surface area contributed by atoms with E-state index in [1.807, 2.05) is 56.3 Å². The molecule has 2 aromatic rings. The SMILES string of the molecule is CNC(=O)CC1SC(=Nc2ccc3ccccc3c2)N(CC(=O)NC(C)C)C1=O. The molecule has 7 nitrogen and oxygen atoms in total. The number of hydrogen-bond donors (Lipinski definition) is 2. The van der Waals surface area contributed by atoms with Crippen LogP contribution in [0.25, 0.3) is 10.8 Å². The predicted octanol–water partition coefficient (Wildman–Crippen LogP) is 2.43. The number of amides is 3. The van der Waals surface area contributed by atoms with Crippen molar-refractivity contribution in [2.75, 3.05) is 13.6 Å². The van der Waals surface area contributed by atoms with Crippen LogP contribution in [0.3, 0.4) is 0 Å². The molecular formula is C21H24N4O3S. The number of carbonyl (C=O) groups excluding carboxylic acids is 3.